The summed E-state index contributed by atoms with van der Waals surface area (Å²) in [5, 5.41) is 13.8. The maximum absolute atomic E-state index is 10.8. The minimum atomic E-state index is -0.441. The Labute approximate surface area is 105 Å². The fourth-order valence-electron chi connectivity index (χ4n) is 1.88. The Kier molecular flexibility index (Phi) is 4.06. The topological polar surface area (TPSA) is 80.5 Å². The summed E-state index contributed by atoms with van der Waals surface area (Å²) < 4.78 is 5.57. The van der Waals surface area contributed by atoms with Gasteiger partial charge in [0.15, 0.2) is 0 Å². The van der Waals surface area contributed by atoms with E-state index in [4.69, 9.17) is 4.74 Å². The molecule has 1 aliphatic rings. The van der Waals surface area contributed by atoms with Gasteiger partial charge in [-0.1, -0.05) is 0 Å². The third kappa shape index (κ3) is 3.14. The molecule has 0 aromatic carbocycles. The molecule has 98 valence electrons. The first kappa shape index (κ1) is 12.7. The van der Waals surface area contributed by atoms with Gasteiger partial charge in [0.1, 0.15) is 0 Å². The number of anilines is 1. The van der Waals surface area contributed by atoms with Crippen LogP contribution < -0.4 is 5.32 Å². The molecule has 0 radical (unpaired) electrons. The van der Waals surface area contributed by atoms with Crippen LogP contribution in [-0.4, -0.2) is 54.2 Å². The summed E-state index contributed by atoms with van der Waals surface area (Å²) in [6.07, 6.45) is 1.56. The molecule has 0 spiro atoms. The fraction of sp³-hybridized carbons (Fsp3) is 0.545. The van der Waals surface area contributed by atoms with Crippen molar-refractivity contribution in [1.29, 1.82) is 0 Å². The van der Waals surface area contributed by atoms with Gasteiger partial charge in [0, 0.05) is 31.9 Å². The fourth-order valence-corrected chi connectivity index (χ4v) is 1.88. The number of hydrogen-bond acceptors (Lipinski definition) is 6. The highest BCUT2D eigenvalue weighted by molar-refractivity contribution is 5.55. The summed E-state index contributed by atoms with van der Waals surface area (Å²) in [5.41, 5.74) is -0.0123. The Morgan fingerprint density at radius 2 is 2.56 bits per heavy atom. The van der Waals surface area contributed by atoms with Crippen LogP contribution in [0.4, 0.5) is 11.5 Å². The summed E-state index contributed by atoms with van der Waals surface area (Å²) in [5.74, 6) is 0.291. The van der Waals surface area contributed by atoms with Crippen LogP contribution in [0, 0.1) is 10.1 Å². The number of pyridine rings is 1. The Balaban J connectivity index is 1.95. The molecular weight excluding hydrogens is 236 g/mol. The van der Waals surface area contributed by atoms with Gasteiger partial charge in [-0.15, -0.1) is 0 Å². The number of nitrogens with one attached hydrogen (secondary N) is 1. The minimum Gasteiger partial charge on any atom is -0.374 e. The molecule has 7 heteroatoms. The lowest BCUT2D eigenvalue weighted by molar-refractivity contribution is -0.384. The lowest BCUT2D eigenvalue weighted by Gasteiger charge is -2.30. The van der Waals surface area contributed by atoms with Crippen molar-refractivity contribution in [1.82, 2.24) is 9.88 Å². The quantitative estimate of drug-likeness (QED) is 0.628. The van der Waals surface area contributed by atoms with E-state index in [0.717, 1.165) is 13.1 Å². The third-order valence-corrected chi connectivity index (χ3v) is 2.82. The second kappa shape index (κ2) is 5.74. The predicted molar refractivity (Wildman–Crippen MR) is 66.6 cm³/mol. The number of hydrogen-bond donors (Lipinski definition) is 1. The average molecular weight is 252 g/mol. The van der Waals surface area contributed by atoms with Crippen molar-refractivity contribution in [3.05, 3.63) is 28.4 Å². The summed E-state index contributed by atoms with van der Waals surface area (Å²) >= 11 is 0. The molecular formula is C11H16N4O3. The van der Waals surface area contributed by atoms with E-state index in [1.165, 1.54) is 12.3 Å². The second-order valence-corrected chi connectivity index (χ2v) is 4.26. The SMILES string of the molecule is CN1CCOC(CNc2ncccc2[N+](=O)[O-])C1. The number of nitro groups is 1. The van der Waals surface area contributed by atoms with Crippen LogP contribution >= 0.6 is 0 Å². The maximum atomic E-state index is 10.8. The molecule has 0 saturated carbocycles. The molecule has 1 atom stereocenters. The normalized spacial score (nSPS) is 20.6. The molecule has 7 nitrogen and oxygen atoms in total. The molecule has 1 aliphatic heterocycles. The van der Waals surface area contributed by atoms with Crippen molar-refractivity contribution < 1.29 is 9.66 Å². The van der Waals surface area contributed by atoms with Gasteiger partial charge in [-0.05, 0) is 13.1 Å². The van der Waals surface area contributed by atoms with E-state index in [0.29, 0.717) is 19.0 Å². The first-order valence-corrected chi connectivity index (χ1v) is 5.80. The largest absolute Gasteiger partial charge is 0.374 e. The lowest BCUT2D eigenvalue weighted by Crippen LogP contribution is -2.43. The smallest absolute Gasteiger partial charge is 0.311 e. The minimum absolute atomic E-state index is 0.0123. The second-order valence-electron chi connectivity index (χ2n) is 4.26. The van der Waals surface area contributed by atoms with Crippen LogP contribution in [0.15, 0.2) is 18.3 Å². The Hall–Kier alpha value is -1.73. The number of likely N-dealkylation sites (N-methyl/N-ethyl adjacent to an activating group) is 1. The first-order valence-electron chi connectivity index (χ1n) is 5.80. The van der Waals surface area contributed by atoms with Crippen molar-refractivity contribution in [2.24, 2.45) is 0 Å². The van der Waals surface area contributed by atoms with Gasteiger partial charge in [-0.3, -0.25) is 10.1 Å². The Bertz CT molecular complexity index is 427. The van der Waals surface area contributed by atoms with Gasteiger partial charge in [0.25, 0.3) is 0 Å². The Morgan fingerprint density at radius 3 is 3.28 bits per heavy atom. The summed E-state index contributed by atoms with van der Waals surface area (Å²) in [6.45, 7) is 2.93. The molecule has 1 N–H and O–H groups in total. The monoisotopic (exact) mass is 252 g/mol. The maximum Gasteiger partial charge on any atom is 0.311 e. The van der Waals surface area contributed by atoms with E-state index >= 15 is 0 Å². The number of ether oxygens (including phenoxy) is 1. The molecule has 2 heterocycles. The zero-order valence-electron chi connectivity index (χ0n) is 10.2. The molecule has 1 aromatic rings. The van der Waals surface area contributed by atoms with E-state index in [1.807, 2.05) is 7.05 Å². The molecule has 1 saturated heterocycles. The highest BCUT2D eigenvalue weighted by Crippen LogP contribution is 2.20. The van der Waals surface area contributed by atoms with Crippen LogP contribution in [0.2, 0.25) is 0 Å². The van der Waals surface area contributed by atoms with Crippen LogP contribution in [0.25, 0.3) is 0 Å². The van der Waals surface area contributed by atoms with Crippen LogP contribution in [0.5, 0.6) is 0 Å². The van der Waals surface area contributed by atoms with E-state index in [9.17, 15) is 10.1 Å². The highest BCUT2D eigenvalue weighted by Gasteiger charge is 2.19. The molecule has 0 bridgehead atoms. The molecule has 1 fully saturated rings. The van der Waals surface area contributed by atoms with Crippen molar-refractivity contribution in [2.45, 2.75) is 6.10 Å². The lowest BCUT2D eigenvalue weighted by atomic mass is 10.3. The van der Waals surface area contributed by atoms with Crippen LogP contribution in [-0.2, 0) is 4.74 Å². The van der Waals surface area contributed by atoms with Crippen LogP contribution in [0.1, 0.15) is 0 Å². The number of rotatable bonds is 4. The third-order valence-electron chi connectivity index (χ3n) is 2.82. The van der Waals surface area contributed by atoms with Gasteiger partial charge in [0.05, 0.1) is 17.6 Å². The molecule has 0 aliphatic carbocycles. The van der Waals surface area contributed by atoms with Gasteiger partial charge in [0.2, 0.25) is 5.82 Å². The predicted octanol–water partition coefficient (Wildman–Crippen LogP) is 0.732. The van der Waals surface area contributed by atoms with Crippen molar-refractivity contribution in [2.75, 3.05) is 38.6 Å². The summed E-state index contributed by atoms with van der Waals surface area (Å²) in [7, 11) is 2.03. The van der Waals surface area contributed by atoms with Crippen molar-refractivity contribution in [3.63, 3.8) is 0 Å². The Morgan fingerprint density at radius 1 is 1.72 bits per heavy atom. The standard InChI is InChI=1S/C11H16N4O3/c1-14-5-6-18-9(8-14)7-13-11-10(15(16)17)3-2-4-12-11/h2-4,9H,5-8H2,1H3,(H,12,13). The summed E-state index contributed by atoms with van der Waals surface area (Å²) in [6, 6.07) is 2.98. The van der Waals surface area contributed by atoms with E-state index in [-0.39, 0.29) is 11.8 Å². The average Bonchev–Trinajstić information content (AvgIpc) is 2.37. The molecule has 2 rings (SSSR count). The summed E-state index contributed by atoms with van der Waals surface area (Å²) in [4.78, 5) is 16.5. The molecule has 0 amide bonds. The van der Waals surface area contributed by atoms with Gasteiger partial charge < -0.3 is 15.0 Å². The van der Waals surface area contributed by atoms with Gasteiger partial charge >= 0.3 is 5.69 Å². The van der Waals surface area contributed by atoms with E-state index in [2.05, 4.69) is 15.2 Å². The first-order chi connectivity index (χ1) is 8.66. The van der Waals surface area contributed by atoms with Crippen LogP contribution in [0.3, 0.4) is 0 Å². The van der Waals surface area contributed by atoms with Crippen molar-refractivity contribution in [3.8, 4) is 0 Å². The molecule has 18 heavy (non-hydrogen) atoms. The van der Waals surface area contributed by atoms with Crippen molar-refractivity contribution >= 4 is 11.5 Å². The number of aromatic nitrogens is 1. The van der Waals surface area contributed by atoms with E-state index in [1.54, 1.807) is 6.07 Å². The zero-order valence-corrected chi connectivity index (χ0v) is 10.2. The molecule has 1 aromatic heterocycles. The number of morpholine rings is 1. The van der Waals surface area contributed by atoms with Gasteiger partial charge in [-0.25, -0.2) is 4.98 Å². The van der Waals surface area contributed by atoms with Gasteiger partial charge in [-0.2, -0.15) is 0 Å². The molecule has 1 unspecified atom stereocenters. The highest BCUT2D eigenvalue weighted by atomic mass is 16.6. The van der Waals surface area contributed by atoms with E-state index < -0.39 is 4.92 Å². The zero-order chi connectivity index (χ0) is 13.0. The number of nitrogens with zero attached hydrogens (tertiary/aromatic N) is 3.